The van der Waals surface area contributed by atoms with E-state index in [1.54, 1.807) is 0 Å². The van der Waals surface area contributed by atoms with Gasteiger partial charge in [0, 0.05) is 25.0 Å². The first-order valence-corrected chi connectivity index (χ1v) is 7.53. The monoisotopic (exact) mass is 269 g/mol. The van der Waals surface area contributed by atoms with Gasteiger partial charge in [-0.25, -0.2) is 4.98 Å². The third-order valence-electron chi connectivity index (χ3n) is 2.63. The van der Waals surface area contributed by atoms with E-state index in [1.807, 2.05) is 11.3 Å². The number of rotatable bonds is 6. The molecule has 0 saturated heterocycles. The highest BCUT2D eigenvalue weighted by Gasteiger charge is 2.17. The molecule has 0 aliphatic heterocycles. The summed E-state index contributed by atoms with van der Waals surface area (Å²) in [4.78, 5) is 8.30. The second-order valence-electron chi connectivity index (χ2n) is 6.10. The summed E-state index contributed by atoms with van der Waals surface area (Å²) < 4.78 is 0. The predicted molar refractivity (Wildman–Crippen MR) is 81.6 cm³/mol. The molecule has 0 bridgehead atoms. The van der Waals surface area contributed by atoms with Gasteiger partial charge in [0.15, 0.2) is 5.13 Å². The van der Waals surface area contributed by atoms with Gasteiger partial charge in [0.05, 0.1) is 5.69 Å². The number of anilines is 1. The van der Waals surface area contributed by atoms with Crippen molar-refractivity contribution < 1.29 is 0 Å². The van der Waals surface area contributed by atoms with E-state index in [9.17, 15) is 0 Å². The van der Waals surface area contributed by atoms with Gasteiger partial charge in [-0.15, -0.1) is 11.3 Å². The van der Waals surface area contributed by atoms with Crippen LogP contribution in [0.4, 0.5) is 5.13 Å². The van der Waals surface area contributed by atoms with Gasteiger partial charge in [-0.05, 0) is 25.3 Å². The molecule has 0 aliphatic carbocycles. The highest BCUT2D eigenvalue weighted by molar-refractivity contribution is 7.15. The average molecular weight is 269 g/mol. The topological polar surface area (TPSA) is 28.2 Å². The van der Waals surface area contributed by atoms with E-state index in [4.69, 9.17) is 0 Å². The molecule has 1 aromatic heterocycles. The van der Waals surface area contributed by atoms with Crippen LogP contribution in [0.2, 0.25) is 0 Å². The lowest BCUT2D eigenvalue weighted by Gasteiger charge is -2.26. The number of aryl methyl sites for hydroxylation is 1. The Balaban J connectivity index is 2.65. The van der Waals surface area contributed by atoms with E-state index < -0.39 is 0 Å². The molecule has 1 N–H and O–H groups in total. The van der Waals surface area contributed by atoms with Gasteiger partial charge in [-0.1, -0.05) is 27.7 Å². The van der Waals surface area contributed by atoms with Gasteiger partial charge >= 0.3 is 0 Å². The fourth-order valence-electron chi connectivity index (χ4n) is 1.90. The maximum atomic E-state index is 4.68. The van der Waals surface area contributed by atoms with E-state index in [-0.39, 0.29) is 0 Å². The summed E-state index contributed by atoms with van der Waals surface area (Å²) in [5.74, 6) is 0. The molecule has 0 unspecified atom stereocenters. The molecule has 0 spiro atoms. The lowest BCUT2D eigenvalue weighted by atomic mass is 9.96. The zero-order chi connectivity index (χ0) is 13.8. The molecule has 3 nitrogen and oxygen atoms in total. The van der Waals surface area contributed by atoms with Crippen molar-refractivity contribution in [1.82, 2.24) is 10.3 Å². The zero-order valence-electron chi connectivity index (χ0n) is 12.6. The van der Waals surface area contributed by atoms with E-state index >= 15 is 0 Å². The van der Waals surface area contributed by atoms with Gasteiger partial charge in [0.25, 0.3) is 0 Å². The third kappa shape index (κ3) is 4.94. The molecule has 0 fully saturated rings. The number of nitrogens with zero attached hydrogens (tertiary/aromatic N) is 2. The maximum absolute atomic E-state index is 4.68. The largest absolute Gasteiger partial charge is 0.351 e. The second kappa shape index (κ2) is 6.53. The van der Waals surface area contributed by atoms with Gasteiger partial charge in [0.1, 0.15) is 0 Å². The maximum Gasteiger partial charge on any atom is 0.185 e. The van der Waals surface area contributed by atoms with Crippen LogP contribution in [0.1, 0.15) is 44.7 Å². The van der Waals surface area contributed by atoms with Crippen molar-refractivity contribution in [2.24, 2.45) is 5.41 Å². The number of hydrogen-bond acceptors (Lipinski definition) is 4. The fourth-order valence-corrected chi connectivity index (χ4v) is 2.89. The van der Waals surface area contributed by atoms with E-state index in [1.165, 1.54) is 17.0 Å². The van der Waals surface area contributed by atoms with Crippen molar-refractivity contribution in [3.8, 4) is 0 Å². The zero-order valence-corrected chi connectivity index (χ0v) is 13.4. The Morgan fingerprint density at radius 3 is 2.56 bits per heavy atom. The van der Waals surface area contributed by atoms with Crippen LogP contribution in [0.15, 0.2) is 0 Å². The SMILES string of the molecule is CCCNCc1sc(N(C)CC(C)(C)C)nc1C. The van der Waals surface area contributed by atoms with Crippen molar-refractivity contribution in [3.63, 3.8) is 0 Å². The lowest BCUT2D eigenvalue weighted by molar-refractivity contribution is 0.418. The Kier molecular flexibility index (Phi) is 5.60. The van der Waals surface area contributed by atoms with Crippen LogP contribution in [0.5, 0.6) is 0 Å². The van der Waals surface area contributed by atoms with Gasteiger partial charge in [0.2, 0.25) is 0 Å². The van der Waals surface area contributed by atoms with Gasteiger partial charge in [-0.2, -0.15) is 0 Å². The molecule has 1 heterocycles. The molecule has 1 aromatic rings. The van der Waals surface area contributed by atoms with Crippen molar-refractivity contribution in [2.75, 3.05) is 25.0 Å². The first-order chi connectivity index (χ1) is 8.33. The summed E-state index contributed by atoms with van der Waals surface area (Å²) in [6.07, 6.45) is 1.18. The summed E-state index contributed by atoms with van der Waals surface area (Å²) in [7, 11) is 2.13. The average Bonchev–Trinajstić information content (AvgIpc) is 2.58. The van der Waals surface area contributed by atoms with E-state index in [0.717, 1.165) is 24.8 Å². The fraction of sp³-hybridized carbons (Fsp3) is 0.786. The second-order valence-corrected chi connectivity index (χ2v) is 7.16. The van der Waals surface area contributed by atoms with Crippen LogP contribution in [-0.2, 0) is 6.54 Å². The van der Waals surface area contributed by atoms with E-state index in [2.05, 4.69) is 56.9 Å². The quantitative estimate of drug-likeness (QED) is 0.802. The Morgan fingerprint density at radius 1 is 1.33 bits per heavy atom. The molecule has 0 aliphatic rings. The first kappa shape index (κ1) is 15.4. The third-order valence-corrected chi connectivity index (χ3v) is 3.90. The molecule has 4 heteroatoms. The minimum absolute atomic E-state index is 0.301. The van der Waals surface area contributed by atoms with Crippen LogP contribution in [0.3, 0.4) is 0 Å². The van der Waals surface area contributed by atoms with Crippen LogP contribution in [-0.4, -0.2) is 25.1 Å². The summed E-state index contributed by atoms with van der Waals surface area (Å²) in [6.45, 7) is 14.1. The number of hydrogen-bond donors (Lipinski definition) is 1. The molecule has 0 radical (unpaired) electrons. The normalized spacial score (nSPS) is 11.9. The predicted octanol–water partition coefficient (Wildman–Crippen LogP) is 3.43. The Bertz CT molecular complexity index is 366. The molecular formula is C14H27N3S. The minimum atomic E-state index is 0.301. The molecule has 0 amide bonds. The Labute approximate surface area is 116 Å². The van der Waals surface area contributed by atoms with Crippen LogP contribution in [0, 0.1) is 12.3 Å². The molecule has 0 saturated carbocycles. The van der Waals surface area contributed by atoms with Crippen molar-refractivity contribution in [1.29, 1.82) is 0 Å². The molecule has 0 aromatic carbocycles. The molecular weight excluding hydrogens is 242 g/mol. The standard InChI is InChI=1S/C14H27N3S/c1-7-8-15-9-12-11(2)16-13(18-12)17(6)10-14(3,4)5/h15H,7-10H2,1-6H3. The molecule has 18 heavy (non-hydrogen) atoms. The van der Waals surface area contributed by atoms with Crippen LogP contribution in [0.25, 0.3) is 0 Å². The summed E-state index contributed by atoms with van der Waals surface area (Å²) in [5.41, 5.74) is 1.47. The van der Waals surface area contributed by atoms with Gasteiger partial charge in [-0.3, -0.25) is 0 Å². The molecule has 104 valence electrons. The molecule has 1 rings (SSSR count). The molecule has 0 atom stereocenters. The van der Waals surface area contributed by atoms with Crippen LogP contribution >= 0.6 is 11.3 Å². The number of aromatic nitrogens is 1. The van der Waals surface area contributed by atoms with E-state index in [0.29, 0.717) is 5.41 Å². The van der Waals surface area contributed by atoms with Crippen molar-refractivity contribution in [3.05, 3.63) is 10.6 Å². The minimum Gasteiger partial charge on any atom is -0.351 e. The number of thiazole rings is 1. The summed E-state index contributed by atoms with van der Waals surface area (Å²) >= 11 is 1.81. The first-order valence-electron chi connectivity index (χ1n) is 6.71. The lowest BCUT2D eigenvalue weighted by Crippen LogP contribution is -2.28. The Morgan fingerprint density at radius 2 is 2.00 bits per heavy atom. The highest BCUT2D eigenvalue weighted by Crippen LogP contribution is 2.27. The Hall–Kier alpha value is -0.610. The van der Waals surface area contributed by atoms with Crippen molar-refractivity contribution in [2.45, 2.75) is 47.6 Å². The van der Waals surface area contributed by atoms with Crippen molar-refractivity contribution >= 4 is 16.5 Å². The summed E-state index contributed by atoms with van der Waals surface area (Å²) in [5, 5.41) is 4.58. The number of nitrogens with one attached hydrogen (secondary N) is 1. The summed E-state index contributed by atoms with van der Waals surface area (Å²) in [6, 6.07) is 0. The van der Waals surface area contributed by atoms with Crippen LogP contribution < -0.4 is 10.2 Å². The van der Waals surface area contributed by atoms with Gasteiger partial charge < -0.3 is 10.2 Å². The highest BCUT2D eigenvalue weighted by atomic mass is 32.1. The smallest absolute Gasteiger partial charge is 0.185 e.